The van der Waals surface area contributed by atoms with Crippen LogP contribution in [0.3, 0.4) is 0 Å². The van der Waals surface area contributed by atoms with Crippen molar-refractivity contribution in [2.45, 2.75) is 51.5 Å². The summed E-state index contributed by atoms with van der Waals surface area (Å²) in [5.41, 5.74) is 0. The summed E-state index contributed by atoms with van der Waals surface area (Å²) in [6, 6.07) is 0.148. The first-order chi connectivity index (χ1) is 6.20. The second kappa shape index (κ2) is 8.05. The van der Waals surface area contributed by atoms with Gasteiger partial charge in [-0.1, -0.05) is 32.6 Å². The lowest BCUT2D eigenvalue weighted by Crippen LogP contribution is -2.27. The molecule has 0 aromatic carbocycles. The molecule has 1 atom stereocenters. The highest BCUT2D eigenvalue weighted by Crippen LogP contribution is 2.07. The van der Waals surface area contributed by atoms with Crippen LogP contribution in [-0.2, 0) is 4.79 Å². The quantitative estimate of drug-likeness (QED) is 0.571. The molecule has 0 rings (SSSR count). The molecule has 13 heavy (non-hydrogen) atoms. The zero-order valence-electron chi connectivity index (χ0n) is 8.68. The first-order valence-electron chi connectivity index (χ1n) is 5.09. The first kappa shape index (κ1) is 12.4. The van der Waals surface area contributed by atoms with E-state index >= 15 is 0 Å². The van der Waals surface area contributed by atoms with Gasteiger partial charge < -0.3 is 10.4 Å². The Morgan fingerprint density at radius 2 is 2.08 bits per heavy atom. The monoisotopic (exact) mass is 187 g/mol. The fourth-order valence-corrected chi connectivity index (χ4v) is 1.38. The van der Waals surface area contributed by atoms with Crippen LogP contribution in [0.25, 0.3) is 0 Å². The molecule has 0 aliphatic carbocycles. The van der Waals surface area contributed by atoms with Gasteiger partial charge in [-0.25, -0.2) is 0 Å². The standard InChI is InChI=1S/C10H21NO2/c1-3-4-5-6-7-9(11-2)8-10(12)13/h9,11H,3-8H2,1-2H3,(H,12,13). The molecule has 0 aromatic heterocycles. The van der Waals surface area contributed by atoms with E-state index in [0.717, 1.165) is 12.8 Å². The summed E-state index contributed by atoms with van der Waals surface area (Å²) in [6.07, 6.45) is 6.04. The Hall–Kier alpha value is -0.570. The summed E-state index contributed by atoms with van der Waals surface area (Å²) in [7, 11) is 1.83. The van der Waals surface area contributed by atoms with E-state index in [2.05, 4.69) is 12.2 Å². The molecule has 3 nitrogen and oxygen atoms in total. The van der Waals surface area contributed by atoms with Crippen LogP contribution in [0, 0.1) is 0 Å². The normalized spacial score (nSPS) is 12.8. The predicted octanol–water partition coefficient (Wildman–Crippen LogP) is 2.02. The minimum absolute atomic E-state index is 0.148. The minimum atomic E-state index is -0.713. The van der Waals surface area contributed by atoms with Crippen molar-refractivity contribution < 1.29 is 9.90 Å². The number of unbranched alkanes of at least 4 members (excludes halogenated alkanes) is 3. The number of carboxylic acids is 1. The molecular formula is C10H21NO2. The molecule has 0 amide bonds. The van der Waals surface area contributed by atoms with Crippen molar-refractivity contribution in [3.63, 3.8) is 0 Å². The van der Waals surface area contributed by atoms with Gasteiger partial charge in [0.05, 0.1) is 6.42 Å². The number of rotatable bonds is 8. The molecule has 0 spiro atoms. The van der Waals surface area contributed by atoms with E-state index in [1.807, 2.05) is 7.05 Å². The highest BCUT2D eigenvalue weighted by atomic mass is 16.4. The van der Waals surface area contributed by atoms with Crippen molar-refractivity contribution in [3.8, 4) is 0 Å². The largest absolute Gasteiger partial charge is 0.481 e. The van der Waals surface area contributed by atoms with E-state index in [0.29, 0.717) is 0 Å². The van der Waals surface area contributed by atoms with E-state index in [1.54, 1.807) is 0 Å². The lowest BCUT2D eigenvalue weighted by Gasteiger charge is -2.12. The van der Waals surface area contributed by atoms with Crippen molar-refractivity contribution in [1.29, 1.82) is 0 Å². The van der Waals surface area contributed by atoms with Crippen LogP contribution in [0.5, 0.6) is 0 Å². The molecule has 3 heteroatoms. The van der Waals surface area contributed by atoms with Gasteiger partial charge in [-0.15, -0.1) is 0 Å². The average Bonchev–Trinajstić information content (AvgIpc) is 2.09. The zero-order chi connectivity index (χ0) is 10.1. The van der Waals surface area contributed by atoms with Gasteiger partial charge in [0.2, 0.25) is 0 Å². The maximum Gasteiger partial charge on any atom is 0.304 e. The Bertz CT molecular complexity index is 137. The second-order valence-corrected chi connectivity index (χ2v) is 3.43. The average molecular weight is 187 g/mol. The molecule has 0 aliphatic heterocycles. The van der Waals surface area contributed by atoms with Gasteiger partial charge in [-0.3, -0.25) is 4.79 Å². The second-order valence-electron chi connectivity index (χ2n) is 3.43. The first-order valence-corrected chi connectivity index (χ1v) is 5.09. The number of aliphatic carboxylic acids is 1. The summed E-state index contributed by atoms with van der Waals surface area (Å²) in [4.78, 5) is 10.4. The van der Waals surface area contributed by atoms with Crippen LogP contribution in [0.2, 0.25) is 0 Å². The highest BCUT2D eigenvalue weighted by Gasteiger charge is 2.09. The molecule has 0 radical (unpaired) electrons. The third-order valence-corrected chi connectivity index (χ3v) is 2.24. The molecule has 0 bridgehead atoms. The van der Waals surface area contributed by atoms with E-state index in [-0.39, 0.29) is 12.5 Å². The Balaban J connectivity index is 3.42. The van der Waals surface area contributed by atoms with Crippen LogP contribution in [0.15, 0.2) is 0 Å². The fraction of sp³-hybridized carbons (Fsp3) is 0.900. The summed E-state index contributed by atoms with van der Waals surface area (Å²) >= 11 is 0. The molecule has 0 fully saturated rings. The number of carbonyl (C=O) groups is 1. The Labute approximate surface area is 80.5 Å². The number of carboxylic acid groups (broad SMARTS) is 1. The van der Waals surface area contributed by atoms with E-state index in [4.69, 9.17) is 5.11 Å². The van der Waals surface area contributed by atoms with E-state index in [9.17, 15) is 4.79 Å². The zero-order valence-corrected chi connectivity index (χ0v) is 8.68. The molecule has 0 aromatic rings. The van der Waals surface area contributed by atoms with Crippen LogP contribution in [0.1, 0.15) is 45.4 Å². The third-order valence-electron chi connectivity index (χ3n) is 2.24. The van der Waals surface area contributed by atoms with Gasteiger partial charge in [-0.05, 0) is 13.5 Å². The molecule has 78 valence electrons. The van der Waals surface area contributed by atoms with Crippen LogP contribution in [0.4, 0.5) is 0 Å². The summed E-state index contributed by atoms with van der Waals surface area (Å²) in [5, 5.41) is 11.6. The molecular weight excluding hydrogens is 166 g/mol. The Morgan fingerprint density at radius 1 is 1.38 bits per heavy atom. The van der Waals surface area contributed by atoms with Crippen LogP contribution in [-0.4, -0.2) is 24.2 Å². The Morgan fingerprint density at radius 3 is 2.54 bits per heavy atom. The van der Waals surface area contributed by atoms with Crippen molar-refractivity contribution in [1.82, 2.24) is 5.32 Å². The van der Waals surface area contributed by atoms with Crippen molar-refractivity contribution in [2.24, 2.45) is 0 Å². The topological polar surface area (TPSA) is 49.3 Å². The maximum atomic E-state index is 10.4. The van der Waals surface area contributed by atoms with E-state index < -0.39 is 5.97 Å². The number of hydrogen-bond donors (Lipinski definition) is 2. The van der Waals surface area contributed by atoms with Gasteiger partial charge in [-0.2, -0.15) is 0 Å². The lowest BCUT2D eigenvalue weighted by atomic mass is 10.1. The highest BCUT2D eigenvalue weighted by molar-refractivity contribution is 5.67. The molecule has 0 heterocycles. The van der Waals surface area contributed by atoms with Crippen LogP contribution >= 0.6 is 0 Å². The van der Waals surface area contributed by atoms with Gasteiger partial charge in [0.15, 0.2) is 0 Å². The molecule has 0 saturated heterocycles. The third kappa shape index (κ3) is 7.78. The number of nitrogens with one attached hydrogen (secondary N) is 1. The molecule has 0 aliphatic rings. The van der Waals surface area contributed by atoms with Gasteiger partial charge in [0, 0.05) is 6.04 Å². The van der Waals surface area contributed by atoms with Crippen molar-refractivity contribution in [2.75, 3.05) is 7.05 Å². The summed E-state index contributed by atoms with van der Waals surface area (Å²) in [5.74, 6) is -0.713. The maximum absolute atomic E-state index is 10.4. The summed E-state index contributed by atoms with van der Waals surface area (Å²) in [6.45, 7) is 2.17. The number of hydrogen-bond acceptors (Lipinski definition) is 2. The molecule has 0 saturated carbocycles. The van der Waals surface area contributed by atoms with Crippen molar-refractivity contribution in [3.05, 3.63) is 0 Å². The minimum Gasteiger partial charge on any atom is -0.481 e. The van der Waals surface area contributed by atoms with Gasteiger partial charge >= 0.3 is 5.97 Å². The van der Waals surface area contributed by atoms with Crippen LogP contribution < -0.4 is 5.32 Å². The molecule has 1 unspecified atom stereocenters. The SMILES string of the molecule is CCCCCCC(CC(=O)O)NC. The van der Waals surface area contributed by atoms with E-state index in [1.165, 1.54) is 19.3 Å². The Kier molecular flexibility index (Phi) is 7.69. The predicted molar refractivity (Wildman–Crippen MR) is 53.9 cm³/mol. The van der Waals surface area contributed by atoms with Gasteiger partial charge in [0.1, 0.15) is 0 Å². The van der Waals surface area contributed by atoms with Gasteiger partial charge in [0.25, 0.3) is 0 Å². The lowest BCUT2D eigenvalue weighted by molar-refractivity contribution is -0.137. The molecule has 2 N–H and O–H groups in total. The summed E-state index contributed by atoms with van der Waals surface area (Å²) < 4.78 is 0. The fourth-order valence-electron chi connectivity index (χ4n) is 1.38. The van der Waals surface area contributed by atoms with Crippen molar-refractivity contribution >= 4 is 5.97 Å². The smallest absolute Gasteiger partial charge is 0.304 e.